The van der Waals surface area contributed by atoms with Gasteiger partial charge in [0.15, 0.2) is 0 Å². The van der Waals surface area contributed by atoms with Crippen molar-refractivity contribution in [1.82, 2.24) is 15.3 Å². The van der Waals surface area contributed by atoms with Crippen molar-refractivity contribution in [3.63, 3.8) is 0 Å². The molecule has 0 aliphatic carbocycles. The van der Waals surface area contributed by atoms with E-state index in [0.29, 0.717) is 39.0 Å². The summed E-state index contributed by atoms with van der Waals surface area (Å²) in [4.78, 5) is 21.2. The van der Waals surface area contributed by atoms with Gasteiger partial charge >= 0.3 is 0 Å². The zero-order chi connectivity index (χ0) is 13.8. The molecule has 102 valence electrons. The second kappa shape index (κ2) is 6.07. The summed E-state index contributed by atoms with van der Waals surface area (Å²) >= 11 is 1.21. The van der Waals surface area contributed by atoms with Gasteiger partial charge in [-0.15, -0.1) is 11.3 Å². The van der Waals surface area contributed by atoms with Crippen molar-refractivity contribution in [1.29, 1.82) is 0 Å². The molecule has 8 heteroatoms. The molecule has 0 saturated carbocycles. The molecule has 0 radical (unpaired) electrons. The summed E-state index contributed by atoms with van der Waals surface area (Å²) in [6, 6.07) is 0. The van der Waals surface area contributed by atoms with Crippen molar-refractivity contribution in [3.05, 3.63) is 17.3 Å². The van der Waals surface area contributed by atoms with Crippen LogP contribution in [-0.4, -0.2) is 38.1 Å². The SMILES string of the molecule is CCS(=O)CCNC(=O)c1sc2nccnc2c1N. The monoisotopic (exact) mass is 298 g/mol. The van der Waals surface area contributed by atoms with E-state index in [9.17, 15) is 9.00 Å². The highest BCUT2D eigenvalue weighted by Crippen LogP contribution is 2.30. The van der Waals surface area contributed by atoms with Crippen LogP contribution in [-0.2, 0) is 10.8 Å². The van der Waals surface area contributed by atoms with E-state index in [2.05, 4.69) is 15.3 Å². The van der Waals surface area contributed by atoms with Crippen molar-refractivity contribution < 1.29 is 9.00 Å². The van der Waals surface area contributed by atoms with Crippen LogP contribution in [0.5, 0.6) is 0 Å². The molecule has 1 unspecified atom stereocenters. The van der Waals surface area contributed by atoms with Gasteiger partial charge in [-0.1, -0.05) is 6.92 Å². The van der Waals surface area contributed by atoms with Crippen LogP contribution in [0.2, 0.25) is 0 Å². The van der Waals surface area contributed by atoms with Crippen molar-refractivity contribution >= 4 is 44.1 Å². The van der Waals surface area contributed by atoms with Gasteiger partial charge in [-0.05, 0) is 0 Å². The summed E-state index contributed by atoms with van der Waals surface area (Å²) in [7, 11) is -0.887. The smallest absolute Gasteiger partial charge is 0.263 e. The van der Waals surface area contributed by atoms with Crippen LogP contribution in [0, 0.1) is 0 Å². The summed E-state index contributed by atoms with van der Waals surface area (Å²) in [5, 5.41) is 2.71. The van der Waals surface area contributed by atoms with Gasteiger partial charge < -0.3 is 11.1 Å². The molecule has 1 atom stereocenters. The Bertz CT molecular complexity index is 626. The Morgan fingerprint density at radius 1 is 1.47 bits per heavy atom. The molecule has 19 heavy (non-hydrogen) atoms. The van der Waals surface area contributed by atoms with E-state index in [4.69, 9.17) is 5.73 Å². The van der Waals surface area contributed by atoms with Gasteiger partial charge in [-0.2, -0.15) is 0 Å². The average molecular weight is 298 g/mol. The number of fused-ring (bicyclic) bond motifs is 1. The number of nitrogens with one attached hydrogen (secondary N) is 1. The zero-order valence-corrected chi connectivity index (χ0v) is 12.0. The van der Waals surface area contributed by atoms with Gasteiger partial charge in [0.25, 0.3) is 5.91 Å². The standard InChI is InChI=1S/C11H14N4O2S2/c1-2-19(17)6-5-14-10(16)9-7(12)8-11(18-9)15-4-3-13-8/h3-4H,2,5-6,12H2,1H3,(H,14,16). The van der Waals surface area contributed by atoms with Crippen LogP contribution < -0.4 is 11.1 Å². The van der Waals surface area contributed by atoms with E-state index >= 15 is 0 Å². The van der Waals surface area contributed by atoms with E-state index in [-0.39, 0.29) is 5.91 Å². The summed E-state index contributed by atoms with van der Waals surface area (Å²) in [5.41, 5.74) is 6.78. The van der Waals surface area contributed by atoms with Gasteiger partial charge in [0.05, 0.1) is 5.69 Å². The van der Waals surface area contributed by atoms with Gasteiger partial charge in [0.2, 0.25) is 0 Å². The summed E-state index contributed by atoms with van der Waals surface area (Å²) in [6.45, 7) is 2.22. The highest BCUT2D eigenvalue weighted by atomic mass is 32.2. The molecule has 0 aliphatic rings. The maximum absolute atomic E-state index is 12.0. The summed E-state index contributed by atoms with van der Waals surface area (Å²) in [6.07, 6.45) is 3.10. The third kappa shape index (κ3) is 3.07. The lowest BCUT2D eigenvalue weighted by Crippen LogP contribution is -2.27. The number of carbonyl (C=O) groups is 1. The summed E-state index contributed by atoms with van der Waals surface area (Å²) in [5.74, 6) is 0.772. The molecule has 2 heterocycles. The molecule has 0 spiro atoms. The minimum absolute atomic E-state index is 0.268. The number of hydrogen-bond donors (Lipinski definition) is 2. The topological polar surface area (TPSA) is 98.0 Å². The first-order chi connectivity index (χ1) is 9.13. The Labute approximate surface area is 116 Å². The molecular formula is C11H14N4O2S2. The largest absolute Gasteiger partial charge is 0.396 e. The Morgan fingerprint density at radius 3 is 2.89 bits per heavy atom. The number of thiophene rings is 1. The Balaban J connectivity index is 2.09. The first-order valence-electron chi connectivity index (χ1n) is 5.75. The molecule has 0 saturated heterocycles. The highest BCUT2D eigenvalue weighted by molar-refractivity contribution is 7.84. The Morgan fingerprint density at radius 2 is 2.21 bits per heavy atom. The second-order valence-electron chi connectivity index (χ2n) is 3.74. The molecular weight excluding hydrogens is 284 g/mol. The number of carbonyl (C=O) groups excluding carboxylic acids is 1. The van der Waals surface area contributed by atoms with E-state index in [0.717, 1.165) is 0 Å². The van der Waals surface area contributed by atoms with Crippen LogP contribution >= 0.6 is 11.3 Å². The fourth-order valence-corrected chi connectivity index (χ4v) is 3.07. The number of anilines is 1. The maximum Gasteiger partial charge on any atom is 0.263 e. The van der Waals surface area contributed by atoms with E-state index < -0.39 is 10.8 Å². The van der Waals surface area contributed by atoms with Crippen LogP contribution in [0.15, 0.2) is 12.4 Å². The molecule has 6 nitrogen and oxygen atoms in total. The number of rotatable bonds is 5. The molecule has 0 bridgehead atoms. The predicted octanol–water partition coefficient (Wildman–Crippen LogP) is 0.772. The van der Waals surface area contributed by atoms with Crippen molar-refractivity contribution in [2.24, 2.45) is 0 Å². The fraction of sp³-hybridized carbons (Fsp3) is 0.364. The molecule has 2 rings (SSSR count). The lowest BCUT2D eigenvalue weighted by molar-refractivity contribution is 0.0961. The van der Waals surface area contributed by atoms with E-state index in [1.165, 1.54) is 17.5 Å². The Hall–Kier alpha value is -1.54. The third-order valence-electron chi connectivity index (χ3n) is 2.51. The zero-order valence-electron chi connectivity index (χ0n) is 10.4. The number of aromatic nitrogens is 2. The third-order valence-corrected chi connectivity index (χ3v) is 4.91. The van der Waals surface area contributed by atoms with Crippen LogP contribution in [0.3, 0.4) is 0 Å². The van der Waals surface area contributed by atoms with Gasteiger partial charge in [-0.25, -0.2) is 9.97 Å². The minimum atomic E-state index is -0.887. The van der Waals surface area contributed by atoms with Crippen LogP contribution in [0.1, 0.15) is 16.6 Å². The fourth-order valence-electron chi connectivity index (χ4n) is 1.52. The second-order valence-corrected chi connectivity index (χ2v) is 6.61. The summed E-state index contributed by atoms with van der Waals surface area (Å²) < 4.78 is 11.3. The van der Waals surface area contributed by atoms with Crippen LogP contribution in [0.4, 0.5) is 5.69 Å². The molecule has 1 amide bonds. The molecule has 2 aromatic heterocycles. The van der Waals surface area contributed by atoms with Gasteiger partial charge in [-0.3, -0.25) is 9.00 Å². The molecule has 0 fully saturated rings. The quantitative estimate of drug-likeness (QED) is 0.849. The minimum Gasteiger partial charge on any atom is -0.396 e. The highest BCUT2D eigenvalue weighted by Gasteiger charge is 2.17. The lowest BCUT2D eigenvalue weighted by Gasteiger charge is -2.03. The molecule has 0 aromatic carbocycles. The van der Waals surface area contributed by atoms with Gasteiger partial charge in [0, 0.05) is 41.2 Å². The number of nitrogens with two attached hydrogens (primary N) is 1. The lowest BCUT2D eigenvalue weighted by atomic mass is 10.3. The normalized spacial score (nSPS) is 12.5. The number of hydrogen-bond acceptors (Lipinski definition) is 6. The Kier molecular flexibility index (Phi) is 4.43. The van der Waals surface area contributed by atoms with E-state index in [1.54, 1.807) is 6.20 Å². The van der Waals surface area contributed by atoms with Crippen molar-refractivity contribution in [2.75, 3.05) is 23.8 Å². The molecule has 3 N–H and O–H groups in total. The number of amides is 1. The van der Waals surface area contributed by atoms with Crippen molar-refractivity contribution in [2.45, 2.75) is 6.92 Å². The number of nitrogen functional groups attached to an aromatic ring is 1. The molecule has 2 aromatic rings. The van der Waals surface area contributed by atoms with Crippen LogP contribution in [0.25, 0.3) is 10.3 Å². The first-order valence-corrected chi connectivity index (χ1v) is 8.06. The average Bonchev–Trinajstić information content (AvgIpc) is 2.76. The number of nitrogens with zero attached hydrogens (tertiary/aromatic N) is 2. The molecule has 0 aliphatic heterocycles. The van der Waals surface area contributed by atoms with Crippen molar-refractivity contribution in [3.8, 4) is 0 Å². The van der Waals surface area contributed by atoms with Gasteiger partial charge in [0.1, 0.15) is 15.2 Å². The first kappa shape index (κ1) is 13.9. The van der Waals surface area contributed by atoms with E-state index in [1.807, 2.05) is 6.92 Å². The maximum atomic E-state index is 12.0. The predicted molar refractivity (Wildman–Crippen MR) is 77.7 cm³/mol.